The third-order valence-electron chi connectivity index (χ3n) is 10.4. The first-order valence-electron chi connectivity index (χ1n) is 18.8. The molecule has 5 heteroatoms. The number of benzene rings is 5. The Balaban J connectivity index is 1.55. The molecule has 0 fully saturated rings. The molecular formula is C50H50N2O3. The molecule has 278 valence electrons. The molecule has 0 unspecified atom stereocenters. The summed E-state index contributed by atoms with van der Waals surface area (Å²) in [7, 11) is 5.11. The molecule has 55 heavy (non-hydrogen) atoms. The zero-order valence-corrected chi connectivity index (χ0v) is 33.4. The number of hydrogen-bond acceptors (Lipinski definition) is 4. The first-order valence-corrected chi connectivity index (χ1v) is 18.8. The minimum atomic E-state index is 0.0219. The Morgan fingerprint density at radius 2 is 1.05 bits per heavy atom. The van der Waals surface area contributed by atoms with Crippen molar-refractivity contribution in [2.75, 3.05) is 21.3 Å². The van der Waals surface area contributed by atoms with Crippen molar-refractivity contribution in [3.63, 3.8) is 0 Å². The molecule has 0 radical (unpaired) electrons. The molecule has 5 nitrogen and oxygen atoms in total. The Labute approximate surface area is 326 Å². The molecule has 0 saturated heterocycles. The Morgan fingerprint density at radius 3 is 1.58 bits per heavy atom. The lowest BCUT2D eigenvalue weighted by atomic mass is 9.85. The number of aromatic nitrogens is 1. The van der Waals surface area contributed by atoms with Gasteiger partial charge in [-0.15, -0.1) is 0 Å². The van der Waals surface area contributed by atoms with E-state index in [1.807, 2.05) is 36.4 Å². The van der Waals surface area contributed by atoms with E-state index in [-0.39, 0.29) is 10.8 Å². The summed E-state index contributed by atoms with van der Waals surface area (Å²) in [6.07, 6.45) is 2.21. The van der Waals surface area contributed by atoms with Gasteiger partial charge in [-0.1, -0.05) is 108 Å². The van der Waals surface area contributed by atoms with Gasteiger partial charge in [-0.3, -0.25) is 0 Å². The zero-order chi connectivity index (χ0) is 38.9. The largest absolute Gasteiger partial charge is 0.497 e. The molecule has 0 spiro atoms. The second-order valence-corrected chi connectivity index (χ2v) is 16.1. The van der Waals surface area contributed by atoms with Crippen molar-refractivity contribution in [3.8, 4) is 39.6 Å². The summed E-state index contributed by atoms with van der Waals surface area (Å²) >= 11 is 0. The van der Waals surface area contributed by atoms with Crippen molar-refractivity contribution < 1.29 is 14.2 Å². The van der Waals surface area contributed by atoms with Crippen LogP contribution in [0.1, 0.15) is 75.1 Å². The number of methoxy groups -OCH3 is 3. The maximum Gasteiger partial charge on any atom is 0.126 e. The average Bonchev–Trinajstić information content (AvgIpc) is 3.84. The van der Waals surface area contributed by atoms with Gasteiger partial charge in [-0.25, -0.2) is 4.99 Å². The molecule has 5 aromatic carbocycles. The van der Waals surface area contributed by atoms with E-state index in [0.29, 0.717) is 0 Å². The maximum atomic E-state index is 6.11. The van der Waals surface area contributed by atoms with E-state index < -0.39 is 0 Å². The number of aromatic amines is 1. The van der Waals surface area contributed by atoms with Crippen molar-refractivity contribution in [3.05, 3.63) is 173 Å². The second kappa shape index (κ2) is 15.0. The minimum Gasteiger partial charge on any atom is -0.497 e. The van der Waals surface area contributed by atoms with Gasteiger partial charge in [0.2, 0.25) is 0 Å². The molecule has 0 atom stereocenters. The lowest BCUT2D eigenvalue weighted by Gasteiger charge is -2.20. The maximum absolute atomic E-state index is 6.11. The summed E-state index contributed by atoms with van der Waals surface area (Å²) in [5, 5.41) is 0. The summed E-state index contributed by atoms with van der Waals surface area (Å²) < 4.78 is 17.1. The van der Waals surface area contributed by atoms with Gasteiger partial charge in [0.05, 0.1) is 38.4 Å². The normalized spacial score (nSPS) is 14.0. The van der Waals surface area contributed by atoms with E-state index in [2.05, 4.69) is 144 Å². The van der Waals surface area contributed by atoms with E-state index >= 15 is 0 Å². The van der Waals surface area contributed by atoms with Crippen LogP contribution in [0.5, 0.6) is 17.2 Å². The van der Waals surface area contributed by atoms with Gasteiger partial charge in [0.25, 0.3) is 0 Å². The highest BCUT2D eigenvalue weighted by Crippen LogP contribution is 2.46. The third-order valence-corrected chi connectivity index (χ3v) is 10.4. The number of para-hydroxylation sites is 1. The highest BCUT2D eigenvalue weighted by atomic mass is 16.5. The monoisotopic (exact) mass is 726 g/mol. The third kappa shape index (κ3) is 7.65. The molecule has 0 saturated carbocycles. The topological polar surface area (TPSA) is 55.8 Å². The summed E-state index contributed by atoms with van der Waals surface area (Å²) in [5.74, 6) is 2.37. The van der Waals surface area contributed by atoms with Crippen molar-refractivity contribution >= 4 is 16.9 Å². The average molecular weight is 727 g/mol. The standard InChI is InChI=1S/C50H50N2O3/c1-49(2,3)36-22-14-32(15-23-36)41-30-43(34-18-26-38(53-7)27-19-34)51-47(41)46(40-12-10-11-13-45(40)55-9)48-42(33-16-24-37(25-17-33)50(4,5)6)31-44(52-48)35-20-28-39(54-8)29-21-35/h10-31,51H,1-9H3/b48-46-. The lowest BCUT2D eigenvalue weighted by Crippen LogP contribution is -2.10. The SMILES string of the molecule is COc1ccc(C2=N/C(=C(/c3ccccc3OC)c3[nH]c(-c4ccc(OC)cc4)cc3-c3ccc(C(C)(C)C)cc3)C(c3ccc(C(C)(C)C)cc3)=C2)cc1. The van der Waals surface area contributed by atoms with Gasteiger partial charge < -0.3 is 19.2 Å². The van der Waals surface area contributed by atoms with Gasteiger partial charge in [0, 0.05) is 33.5 Å². The summed E-state index contributed by atoms with van der Waals surface area (Å²) in [6, 6.07) is 44.6. The second-order valence-electron chi connectivity index (χ2n) is 16.1. The fourth-order valence-corrected chi connectivity index (χ4v) is 7.08. The van der Waals surface area contributed by atoms with E-state index in [4.69, 9.17) is 19.2 Å². The van der Waals surface area contributed by atoms with Crippen LogP contribution in [0, 0.1) is 0 Å². The van der Waals surface area contributed by atoms with Crippen LogP contribution in [-0.4, -0.2) is 32.0 Å². The predicted molar refractivity (Wildman–Crippen MR) is 229 cm³/mol. The highest BCUT2D eigenvalue weighted by molar-refractivity contribution is 6.20. The van der Waals surface area contributed by atoms with Gasteiger partial charge >= 0.3 is 0 Å². The number of nitrogens with zero attached hydrogens (tertiary/aromatic N) is 1. The van der Waals surface area contributed by atoms with Crippen LogP contribution in [-0.2, 0) is 10.8 Å². The summed E-state index contributed by atoms with van der Waals surface area (Å²) in [5.41, 5.74) is 14.5. The fourth-order valence-electron chi connectivity index (χ4n) is 7.08. The molecule has 2 heterocycles. The first kappa shape index (κ1) is 37.3. The Hall–Kier alpha value is -6.07. The molecule has 0 bridgehead atoms. The van der Waals surface area contributed by atoms with Gasteiger partial charge in [-0.05, 0) is 105 Å². The summed E-state index contributed by atoms with van der Waals surface area (Å²) in [6.45, 7) is 13.5. The van der Waals surface area contributed by atoms with Crippen LogP contribution in [0.15, 0.2) is 144 Å². The van der Waals surface area contributed by atoms with Gasteiger partial charge in [-0.2, -0.15) is 0 Å². The number of rotatable bonds is 9. The fraction of sp³-hybridized carbons (Fsp3) is 0.220. The molecule has 6 aromatic rings. The number of hydrogen-bond donors (Lipinski definition) is 1. The Morgan fingerprint density at radius 1 is 0.545 bits per heavy atom. The van der Waals surface area contributed by atoms with Gasteiger partial charge in [0.1, 0.15) is 17.2 Å². The quantitative estimate of drug-likeness (QED) is 0.161. The van der Waals surface area contributed by atoms with Crippen LogP contribution >= 0.6 is 0 Å². The van der Waals surface area contributed by atoms with Crippen molar-refractivity contribution in [1.29, 1.82) is 0 Å². The number of H-pyrrole nitrogens is 1. The van der Waals surface area contributed by atoms with Gasteiger partial charge in [0.15, 0.2) is 0 Å². The van der Waals surface area contributed by atoms with Crippen LogP contribution in [0.2, 0.25) is 0 Å². The molecule has 1 aromatic heterocycles. The number of allylic oxidation sites excluding steroid dienone is 2. The Bertz CT molecular complexity index is 2390. The van der Waals surface area contributed by atoms with Crippen molar-refractivity contribution in [2.45, 2.75) is 52.4 Å². The number of nitrogens with one attached hydrogen (secondary N) is 1. The molecule has 0 amide bonds. The molecule has 7 rings (SSSR count). The molecule has 1 aliphatic heterocycles. The van der Waals surface area contributed by atoms with E-state index in [1.165, 1.54) is 11.1 Å². The number of aliphatic imine (C=N–C) groups is 1. The zero-order valence-electron chi connectivity index (χ0n) is 33.4. The minimum absolute atomic E-state index is 0.0219. The molecule has 0 aliphatic carbocycles. The van der Waals surface area contributed by atoms with Crippen molar-refractivity contribution in [1.82, 2.24) is 4.98 Å². The van der Waals surface area contributed by atoms with E-state index in [0.717, 1.165) is 84.6 Å². The van der Waals surface area contributed by atoms with Crippen molar-refractivity contribution in [2.24, 2.45) is 4.99 Å². The van der Waals surface area contributed by atoms with Crippen LogP contribution in [0.25, 0.3) is 33.5 Å². The van der Waals surface area contributed by atoms with Crippen LogP contribution in [0.4, 0.5) is 0 Å². The number of ether oxygens (including phenoxy) is 3. The van der Waals surface area contributed by atoms with Crippen LogP contribution in [0.3, 0.4) is 0 Å². The summed E-state index contributed by atoms with van der Waals surface area (Å²) in [4.78, 5) is 9.44. The highest BCUT2D eigenvalue weighted by Gasteiger charge is 2.28. The van der Waals surface area contributed by atoms with E-state index in [9.17, 15) is 0 Å². The molecule has 1 aliphatic rings. The Kier molecular flexibility index (Phi) is 10.2. The smallest absolute Gasteiger partial charge is 0.126 e. The molecule has 1 N–H and O–H groups in total. The lowest BCUT2D eigenvalue weighted by molar-refractivity contribution is 0.413. The first-order chi connectivity index (χ1) is 26.4. The van der Waals surface area contributed by atoms with E-state index in [1.54, 1.807) is 21.3 Å². The predicted octanol–water partition coefficient (Wildman–Crippen LogP) is 12.3. The molecular weight excluding hydrogens is 677 g/mol. The van der Waals surface area contributed by atoms with Crippen LogP contribution < -0.4 is 14.2 Å².